The summed E-state index contributed by atoms with van der Waals surface area (Å²) in [5.41, 5.74) is 1.13. The molecule has 0 radical (unpaired) electrons. The van der Waals surface area contributed by atoms with E-state index in [0.717, 1.165) is 31.6 Å². The molecule has 6 nitrogen and oxygen atoms in total. The third-order valence-electron chi connectivity index (χ3n) is 4.54. The van der Waals surface area contributed by atoms with E-state index in [2.05, 4.69) is 15.1 Å². The van der Waals surface area contributed by atoms with Crippen molar-refractivity contribution in [1.82, 2.24) is 15.1 Å². The Labute approximate surface area is 142 Å². The molecule has 7 heteroatoms. The number of rotatable bonds is 6. The number of piperidine rings is 1. The molecule has 1 unspecified atom stereocenters. The second-order valence-corrected chi connectivity index (χ2v) is 8.26. The molecule has 130 valence electrons. The smallest absolute Gasteiger partial charge is 0.179 e. The van der Waals surface area contributed by atoms with Crippen molar-refractivity contribution < 1.29 is 13.2 Å². The van der Waals surface area contributed by atoms with E-state index < -0.39 is 9.84 Å². The van der Waals surface area contributed by atoms with Crippen LogP contribution in [0.4, 0.5) is 0 Å². The average Bonchev–Trinajstić information content (AvgIpc) is 3.15. The summed E-state index contributed by atoms with van der Waals surface area (Å²) < 4.78 is 30.2. The Balaban J connectivity index is 1.61. The molecule has 1 N–H and O–H groups in total. The Morgan fingerprint density at radius 1 is 1.38 bits per heavy atom. The first-order valence-electron chi connectivity index (χ1n) is 8.17. The van der Waals surface area contributed by atoms with Crippen LogP contribution in [0.5, 0.6) is 5.75 Å². The van der Waals surface area contributed by atoms with Crippen molar-refractivity contribution in [2.75, 3.05) is 32.5 Å². The summed E-state index contributed by atoms with van der Waals surface area (Å²) in [5, 5.41) is 7.04. The van der Waals surface area contributed by atoms with Gasteiger partial charge in [0.15, 0.2) is 9.84 Å². The van der Waals surface area contributed by atoms with Gasteiger partial charge in [0.2, 0.25) is 0 Å². The number of benzene rings is 1. The van der Waals surface area contributed by atoms with E-state index in [1.54, 1.807) is 30.5 Å². The lowest BCUT2D eigenvalue weighted by atomic mass is 9.95. The fourth-order valence-electron chi connectivity index (χ4n) is 3.17. The van der Waals surface area contributed by atoms with E-state index in [-0.39, 0.29) is 5.75 Å². The fourth-order valence-corrected chi connectivity index (χ4v) is 4.48. The van der Waals surface area contributed by atoms with Gasteiger partial charge >= 0.3 is 0 Å². The topological polar surface area (TPSA) is 75.3 Å². The normalized spacial score (nSPS) is 19.3. The molecule has 2 heterocycles. The molecule has 1 saturated heterocycles. The zero-order valence-electron chi connectivity index (χ0n) is 13.8. The monoisotopic (exact) mass is 349 g/mol. The van der Waals surface area contributed by atoms with Crippen molar-refractivity contribution in [3.8, 4) is 5.75 Å². The van der Waals surface area contributed by atoms with Crippen molar-refractivity contribution >= 4 is 9.84 Å². The van der Waals surface area contributed by atoms with E-state index in [9.17, 15) is 8.42 Å². The van der Waals surface area contributed by atoms with Crippen molar-refractivity contribution in [1.29, 1.82) is 0 Å². The molecular weight excluding hydrogens is 326 g/mol. The van der Waals surface area contributed by atoms with Gasteiger partial charge in [-0.3, -0.25) is 5.10 Å². The maximum atomic E-state index is 12.6. The summed E-state index contributed by atoms with van der Waals surface area (Å²) in [5.74, 6) is 1.09. The molecule has 0 saturated carbocycles. The number of hydrogen-bond acceptors (Lipinski definition) is 5. The summed E-state index contributed by atoms with van der Waals surface area (Å²) >= 11 is 0. The maximum absolute atomic E-state index is 12.6. The second kappa shape index (κ2) is 7.36. The molecule has 24 heavy (non-hydrogen) atoms. The highest BCUT2D eigenvalue weighted by molar-refractivity contribution is 7.91. The number of nitrogens with one attached hydrogen (secondary N) is 1. The quantitative estimate of drug-likeness (QED) is 0.864. The molecule has 1 fully saturated rings. The van der Waals surface area contributed by atoms with E-state index in [1.807, 2.05) is 6.07 Å². The number of likely N-dealkylation sites (tertiary alicyclic amines) is 1. The number of aromatic nitrogens is 2. The lowest BCUT2D eigenvalue weighted by molar-refractivity contribution is 0.217. The Bertz CT molecular complexity index is 759. The number of hydrogen-bond donors (Lipinski definition) is 1. The van der Waals surface area contributed by atoms with Gasteiger partial charge in [-0.05, 0) is 43.7 Å². The third-order valence-corrected chi connectivity index (χ3v) is 6.24. The number of sulfone groups is 1. The number of methoxy groups -OCH3 is 1. The van der Waals surface area contributed by atoms with Gasteiger partial charge in [0.25, 0.3) is 0 Å². The van der Waals surface area contributed by atoms with Gasteiger partial charge in [-0.1, -0.05) is 6.07 Å². The summed E-state index contributed by atoms with van der Waals surface area (Å²) in [4.78, 5) is 2.55. The average molecular weight is 349 g/mol. The molecule has 1 aromatic heterocycles. The van der Waals surface area contributed by atoms with E-state index in [4.69, 9.17) is 4.74 Å². The SMILES string of the molecule is COc1cccc(S(=O)(=O)CCN2CCCC(c3ccn[nH]3)C2)c1. The van der Waals surface area contributed by atoms with Crippen LogP contribution in [0.1, 0.15) is 24.5 Å². The standard InChI is InChI=1S/C17H23N3O3S/c1-23-15-5-2-6-16(12-15)24(21,22)11-10-20-9-3-4-14(13-20)17-7-8-18-19-17/h2,5-8,12,14H,3-4,9-11,13H2,1H3,(H,18,19). The van der Waals surface area contributed by atoms with Crippen molar-refractivity contribution in [2.45, 2.75) is 23.7 Å². The molecule has 3 rings (SSSR count). The maximum Gasteiger partial charge on any atom is 0.179 e. The van der Waals surface area contributed by atoms with Gasteiger partial charge in [0.05, 0.1) is 17.8 Å². The molecule has 1 aliphatic heterocycles. The highest BCUT2D eigenvalue weighted by Crippen LogP contribution is 2.25. The predicted molar refractivity (Wildman–Crippen MR) is 92.0 cm³/mol. The second-order valence-electron chi connectivity index (χ2n) is 6.15. The number of nitrogens with zero attached hydrogens (tertiary/aromatic N) is 2. The minimum absolute atomic E-state index is 0.121. The van der Waals surface area contributed by atoms with Crippen LogP contribution in [0.15, 0.2) is 41.4 Å². The summed E-state index contributed by atoms with van der Waals surface area (Å²) in [6, 6.07) is 8.67. The van der Waals surface area contributed by atoms with Crippen molar-refractivity contribution in [3.05, 3.63) is 42.2 Å². The molecule has 2 aromatic rings. The fraction of sp³-hybridized carbons (Fsp3) is 0.471. The van der Waals surface area contributed by atoms with Crippen LogP contribution in [-0.4, -0.2) is 56.0 Å². The Kier molecular flexibility index (Phi) is 5.20. The molecule has 1 atom stereocenters. The lowest BCUT2D eigenvalue weighted by Crippen LogP contribution is -2.37. The predicted octanol–water partition coefficient (Wildman–Crippen LogP) is 2.07. The summed E-state index contributed by atoms with van der Waals surface area (Å²) in [7, 11) is -1.77. The number of H-pyrrole nitrogens is 1. The molecule has 0 aliphatic carbocycles. The van der Waals surface area contributed by atoms with Crippen molar-refractivity contribution in [2.24, 2.45) is 0 Å². The lowest BCUT2D eigenvalue weighted by Gasteiger charge is -2.32. The zero-order valence-corrected chi connectivity index (χ0v) is 14.6. The first kappa shape index (κ1) is 17.0. The highest BCUT2D eigenvalue weighted by atomic mass is 32.2. The van der Waals surface area contributed by atoms with Crippen LogP contribution in [0.25, 0.3) is 0 Å². The molecule has 1 aromatic carbocycles. The first-order chi connectivity index (χ1) is 11.6. The summed E-state index contributed by atoms with van der Waals surface area (Å²) in [6.07, 6.45) is 3.95. The molecular formula is C17H23N3O3S. The van der Waals surface area contributed by atoms with Crippen molar-refractivity contribution in [3.63, 3.8) is 0 Å². The van der Waals surface area contributed by atoms with Crippen LogP contribution < -0.4 is 4.74 Å². The van der Waals surface area contributed by atoms with E-state index >= 15 is 0 Å². The van der Waals surface area contributed by atoms with Crippen LogP contribution in [0, 0.1) is 0 Å². The van der Waals surface area contributed by atoms with Gasteiger partial charge in [0.1, 0.15) is 5.75 Å². The minimum atomic E-state index is -3.31. The van der Waals surface area contributed by atoms with E-state index in [0.29, 0.717) is 23.1 Å². The number of aromatic amines is 1. The molecule has 0 bridgehead atoms. The Morgan fingerprint density at radius 2 is 2.25 bits per heavy atom. The van der Waals surface area contributed by atoms with Gasteiger partial charge < -0.3 is 9.64 Å². The van der Waals surface area contributed by atoms with E-state index in [1.165, 1.54) is 7.11 Å². The van der Waals surface area contributed by atoms with Crippen LogP contribution in [0.2, 0.25) is 0 Å². The first-order valence-corrected chi connectivity index (χ1v) is 9.82. The zero-order chi connectivity index (χ0) is 17.0. The molecule has 0 spiro atoms. The minimum Gasteiger partial charge on any atom is -0.497 e. The number of ether oxygens (including phenoxy) is 1. The van der Waals surface area contributed by atoms with Crippen LogP contribution in [-0.2, 0) is 9.84 Å². The summed E-state index contributed by atoms with van der Waals surface area (Å²) in [6.45, 7) is 2.36. The van der Waals surface area contributed by atoms with Crippen LogP contribution in [0.3, 0.4) is 0 Å². The third kappa shape index (κ3) is 3.96. The van der Waals surface area contributed by atoms with Gasteiger partial charge in [-0.15, -0.1) is 0 Å². The Hall–Kier alpha value is -1.86. The van der Waals surface area contributed by atoms with Gasteiger partial charge in [-0.2, -0.15) is 5.10 Å². The largest absolute Gasteiger partial charge is 0.497 e. The van der Waals surface area contributed by atoms with Gasteiger partial charge in [0, 0.05) is 30.9 Å². The molecule has 1 aliphatic rings. The Morgan fingerprint density at radius 3 is 3.00 bits per heavy atom. The highest BCUT2D eigenvalue weighted by Gasteiger charge is 2.24. The molecule has 0 amide bonds. The van der Waals surface area contributed by atoms with Crippen LogP contribution >= 0.6 is 0 Å². The van der Waals surface area contributed by atoms with Gasteiger partial charge in [-0.25, -0.2) is 8.42 Å².